The van der Waals surface area contributed by atoms with Crippen molar-refractivity contribution in [3.8, 4) is 51.8 Å². The summed E-state index contributed by atoms with van der Waals surface area (Å²) in [6.45, 7) is 8.64. The molecule has 8 heteroatoms. The Bertz CT molecular complexity index is 1630. The molecule has 0 spiro atoms. The van der Waals surface area contributed by atoms with Gasteiger partial charge in [-0.1, -0.05) is 0 Å². The highest BCUT2D eigenvalue weighted by Crippen LogP contribution is 2.44. The van der Waals surface area contributed by atoms with Gasteiger partial charge in [0.15, 0.2) is 0 Å². The molecule has 2 nitrogen and oxygen atoms in total. The summed E-state index contributed by atoms with van der Waals surface area (Å²) in [6, 6.07) is 17.3. The van der Waals surface area contributed by atoms with E-state index in [0.29, 0.717) is 0 Å². The molecule has 0 atom stereocenters. The number of aromatic nitrogens is 2. The summed E-state index contributed by atoms with van der Waals surface area (Å²) in [5.74, 6) is 0. The van der Waals surface area contributed by atoms with Gasteiger partial charge in [0.1, 0.15) is 0 Å². The number of thiol groups is 2. The van der Waals surface area contributed by atoms with Gasteiger partial charge in [-0.3, -0.25) is 9.97 Å². The summed E-state index contributed by atoms with van der Waals surface area (Å²) < 4.78 is 2.10. The summed E-state index contributed by atoms with van der Waals surface area (Å²) >= 11 is 16.2. The highest BCUT2D eigenvalue weighted by Gasteiger charge is 2.16. The van der Waals surface area contributed by atoms with Crippen LogP contribution >= 0.6 is 70.6 Å². The van der Waals surface area contributed by atoms with E-state index in [4.69, 9.17) is 9.97 Å². The van der Waals surface area contributed by atoms with Crippen molar-refractivity contribution in [2.24, 2.45) is 0 Å². The predicted molar refractivity (Wildman–Crippen MR) is 174 cm³/mol. The Kier molecular flexibility index (Phi) is 7.13. The van der Waals surface area contributed by atoms with Crippen molar-refractivity contribution in [3.05, 3.63) is 83.2 Å². The lowest BCUT2D eigenvalue weighted by atomic mass is 10.1. The van der Waals surface area contributed by atoms with Gasteiger partial charge in [-0.05, 0) is 98.5 Å². The monoisotopic (exact) mass is 604 g/mol. The molecule has 190 valence electrons. The molecule has 6 aromatic rings. The zero-order chi connectivity index (χ0) is 26.6. The van der Waals surface area contributed by atoms with E-state index in [1.165, 1.54) is 51.5 Å². The molecule has 0 aromatic carbocycles. The van der Waals surface area contributed by atoms with Gasteiger partial charge in [0.25, 0.3) is 0 Å². The van der Waals surface area contributed by atoms with E-state index in [1.807, 2.05) is 35.1 Å². The molecule has 0 N–H and O–H groups in total. The number of aryl methyl sites for hydroxylation is 4. The summed E-state index contributed by atoms with van der Waals surface area (Å²) in [5.41, 5.74) is 9.11. The topological polar surface area (TPSA) is 25.8 Å². The first-order chi connectivity index (χ1) is 18.3. The molecular weight excluding hydrogens is 581 g/mol. The van der Waals surface area contributed by atoms with Crippen molar-refractivity contribution >= 4 is 70.6 Å². The third-order valence-electron chi connectivity index (χ3n) is 6.41. The molecule has 6 rings (SSSR count). The minimum absolute atomic E-state index is 0.877. The van der Waals surface area contributed by atoms with Gasteiger partial charge in [0.2, 0.25) is 0 Å². The molecule has 0 fully saturated rings. The van der Waals surface area contributed by atoms with Crippen molar-refractivity contribution in [2.45, 2.75) is 36.1 Å². The second kappa shape index (κ2) is 10.4. The molecule has 0 aliphatic carbocycles. The van der Waals surface area contributed by atoms with Crippen molar-refractivity contribution in [3.63, 3.8) is 0 Å². The molecule has 0 saturated heterocycles. The lowest BCUT2D eigenvalue weighted by Crippen LogP contribution is -1.88. The first kappa shape index (κ1) is 26.0. The number of thiophene rings is 4. The third-order valence-corrected chi connectivity index (χ3v) is 12.2. The highest BCUT2D eigenvalue weighted by atomic mass is 32.2. The molecule has 6 heterocycles. The van der Waals surface area contributed by atoms with Crippen LogP contribution in [0, 0.1) is 27.7 Å². The molecule has 0 aliphatic rings. The van der Waals surface area contributed by atoms with Gasteiger partial charge >= 0.3 is 0 Å². The Morgan fingerprint density at radius 2 is 0.895 bits per heavy atom. The van der Waals surface area contributed by atoms with Gasteiger partial charge < -0.3 is 0 Å². The Balaban J connectivity index is 1.24. The second-order valence-corrected chi connectivity index (χ2v) is 15.1. The molecule has 38 heavy (non-hydrogen) atoms. The van der Waals surface area contributed by atoms with E-state index in [1.54, 1.807) is 22.7 Å². The molecule has 0 unspecified atom stereocenters. The predicted octanol–water partition coefficient (Wildman–Crippen LogP) is 10.9. The van der Waals surface area contributed by atoms with Crippen LogP contribution in [0.15, 0.2) is 69.3 Å². The Morgan fingerprint density at radius 3 is 1.21 bits per heavy atom. The number of rotatable bonds is 5. The van der Waals surface area contributed by atoms with Gasteiger partial charge in [0, 0.05) is 52.8 Å². The first-order valence-corrected chi connectivity index (χ1v) is 16.2. The van der Waals surface area contributed by atoms with Crippen LogP contribution in [0.4, 0.5) is 0 Å². The Hall–Kier alpha value is -2.20. The minimum atomic E-state index is 0.877. The van der Waals surface area contributed by atoms with Crippen LogP contribution in [0.2, 0.25) is 0 Å². The molecule has 0 aliphatic heterocycles. The fourth-order valence-electron chi connectivity index (χ4n) is 4.54. The van der Waals surface area contributed by atoms with E-state index >= 15 is 0 Å². The fourth-order valence-corrected chi connectivity index (χ4v) is 9.96. The smallest absolute Gasteiger partial charge is 0.0886 e. The molecule has 6 aromatic heterocycles. The van der Waals surface area contributed by atoms with E-state index in [0.717, 1.165) is 30.9 Å². The van der Waals surface area contributed by atoms with Crippen LogP contribution in [-0.2, 0) is 0 Å². The second-order valence-electron chi connectivity index (χ2n) is 9.30. The quantitative estimate of drug-likeness (QED) is 0.191. The number of nitrogens with zero attached hydrogens (tertiary/aromatic N) is 2. The van der Waals surface area contributed by atoms with Crippen molar-refractivity contribution < 1.29 is 0 Å². The van der Waals surface area contributed by atoms with E-state index in [9.17, 15) is 0 Å². The summed E-state index contributed by atoms with van der Waals surface area (Å²) in [7, 11) is 0. The zero-order valence-corrected chi connectivity index (χ0v) is 26.3. The zero-order valence-electron chi connectivity index (χ0n) is 21.2. The SMILES string of the molecule is Cc1cc(-c2sc(S)cc2C)sc1-c1ccc(-c2ccc(-c3sc(-c4sc(S)cc4C)cc3C)cn2)nc1. The standard InChI is InChI=1S/C30H24N2S6/c1-15-9-23(29-17(3)11-25(33)37-29)35-27(15)19-5-7-21(31-13-19)22-8-6-20(14-32-22)28-16(2)10-24(36-28)30-18(4)12-26(34)38-30/h5-14,33-34H,1-4H3. The Morgan fingerprint density at radius 1 is 0.500 bits per heavy atom. The van der Waals surface area contributed by atoms with Crippen LogP contribution in [-0.4, -0.2) is 9.97 Å². The van der Waals surface area contributed by atoms with E-state index < -0.39 is 0 Å². The average Bonchev–Trinajstić information content (AvgIpc) is 3.65. The van der Waals surface area contributed by atoms with Gasteiger partial charge in [0.05, 0.1) is 19.8 Å². The van der Waals surface area contributed by atoms with Gasteiger partial charge in [-0.15, -0.1) is 70.6 Å². The maximum Gasteiger partial charge on any atom is 0.0886 e. The van der Waals surface area contributed by atoms with Gasteiger partial charge in [-0.25, -0.2) is 0 Å². The van der Waals surface area contributed by atoms with E-state index in [2.05, 4.69) is 101 Å². The number of hydrogen-bond acceptors (Lipinski definition) is 8. The lowest BCUT2D eigenvalue weighted by Gasteiger charge is -2.05. The average molecular weight is 605 g/mol. The first-order valence-electron chi connectivity index (χ1n) is 12.0. The minimum Gasteiger partial charge on any atom is -0.254 e. The van der Waals surface area contributed by atoms with Crippen molar-refractivity contribution in [2.75, 3.05) is 0 Å². The molecule has 0 saturated carbocycles. The highest BCUT2D eigenvalue weighted by molar-refractivity contribution is 7.83. The summed E-state index contributed by atoms with van der Waals surface area (Å²) in [4.78, 5) is 17.2. The summed E-state index contributed by atoms with van der Waals surface area (Å²) in [5, 5.41) is 0. The van der Waals surface area contributed by atoms with Crippen LogP contribution in [0.25, 0.3) is 51.8 Å². The van der Waals surface area contributed by atoms with Crippen molar-refractivity contribution in [1.82, 2.24) is 9.97 Å². The number of hydrogen-bond donors (Lipinski definition) is 2. The van der Waals surface area contributed by atoms with Crippen LogP contribution in [0.5, 0.6) is 0 Å². The maximum atomic E-state index is 4.78. The van der Waals surface area contributed by atoms with Gasteiger partial charge in [-0.2, -0.15) is 0 Å². The molecule has 0 bridgehead atoms. The normalized spacial score (nSPS) is 11.4. The lowest BCUT2D eigenvalue weighted by molar-refractivity contribution is 1.25. The van der Waals surface area contributed by atoms with Crippen molar-refractivity contribution in [1.29, 1.82) is 0 Å². The maximum absolute atomic E-state index is 4.78. The van der Waals surface area contributed by atoms with Crippen LogP contribution < -0.4 is 0 Å². The molecule has 0 amide bonds. The summed E-state index contributed by atoms with van der Waals surface area (Å²) in [6.07, 6.45) is 3.93. The largest absolute Gasteiger partial charge is 0.254 e. The van der Waals surface area contributed by atoms with Crippen LogP contribution in [0.1, 0.15) is 22.3 Å². The third kappa shape index (κ3) is 4.94. The Labute approximate surface area is 249 Å². The molecule has 0 radical (unpaired) electrons. The fraction of sp³-hybridized carbons (Fsp3) is 0.133. The van der Waals surface area contributed by atoms with E-state index in [-0.39, 0.29) is 0 Å². The molecular formula is C30H24N2S6. The van der Waals surface area contributed by atoms with Crippen LogP contribution in [0.3, 0.4) is 0 Å². The number of pyridine rings is 2.